The zero-order valence-corrected chi connectivity index (χ0v) is 18.7. The number of hydrogen-bond donors (Lipinski definition) is 2. The van der Waals surface area contributed by atoms with Gasteiger partial charge in [0.2, 0.25) is 0 Å². The molecule has 0 saturated carbocycles. The molecule has 4 rings (SSSR count). The van der Waals surface area contributed by atoms with Gasteiger partial charge >= 0.3 is 0 Å². The van der Waals surface area contributed by atoms with Crippen LogP contribution in [0, 0.1) is 13.8 Å². The number of aliphatic hydroxyl groups excluding tert-OH is 1. The number of phenolic OH excluding ortho intramolecular Hbond substituents is 1. The van der Waals surface area contributed by atoms with Crippen LogP contribution in [0.4, 0.5) is 5.69 Å². The third-order valence-corrected chi connectivity index (χ3v) is 5.61. The van der Waals surface area contributed by atoms with E-state index in [0.717, 1.165) is 11.1 Å². The number of carbonyl (C=O) groups is 2. The monoisotopic (exact) mass is 443 g/mol. The smallest absolute Gasteiger partial charge is 0.300 e. The number of amides is 1. The Morgan fingerprint density at radius 3 is 2.42 bits per heavy atom. The van der Waals surface area contributed by atoms with Crippen molar-refractivity contribution in [1.29, 1.82) is 0 Å². The Morgan fingerprint density at radius 1 is 0.970 bits per heavy atom. The summed E-state index contributed by atoms with van der Waals surface area (Å²) in [5.41, 5.74) is 2.94. The van der Waals surface area contributed by atoms with E-state index < -0.39 is 17.7 Å². The molecule has 0 radical (unpaired) electrons. The van der Waals surface area contributed by atoms with Crippen molar-refractivity contribution >= 4 is 23.1 Å². The van der Waals surface area contributed by atoms with Gasteiger partial charge in [-0.25, -0.2) is 0 Å². The topological polar surface area (TPSA) is 87.1 Å². The summed E-state index contributed by atoms with van der Waals surface area (Å²) in [6.07, 6.45) is 0. The summed E-state index contributed by atoms with van der Waals surface area (Å²) in [5.74, 6) is -1.51. The van der Waals surface area contributed by atoms with E-state index in [2.05, 4.69) is 0 Å². The number of ketones is 1. The molecule has 1 atom stereocenters. The lowest BCUT2D eigenvalue weighted by Crippen LogP contribution is -2.29. The van der Waals surface area contributed by atoms with Gasteiger partial charge in [-0.15, -0.1) is 0 Å². The molecule has 0 aliphatic carbocycles. The van der Waals surface area contributed by atoms with Gasteiger partial charge in [0, 0.05) is 5.56 Å². The van der Waals surface area contributed by atoms with Crippen LogP contribution in [0.3, 0.4) is 0 Å². The van der Waals surface area contributed by atoms with Gasteiger partial charge in [0.05, 0.1) is 23.9 Å². The molecular formula is C27H25NO5. The van der Waals surface area contributed by atoms with Gasteiger partial charge in [0.1, 0.15) is 17.3 Å². The van der Waals surface area contributed by atoms with Crippen molar-refractivity contribution in [3.63, 3.8) is 0 Å². The molecule has 33 heavy (non-hydrogen) atoms. The fraction of sp³-hybridized carbons (Fsp3) is 0.185. The van der Waals surface area contributed by atoms with Crippen molar-refractivity contribution < 1.29 is 24.5 Å². The number of benzene rings is 3. The number of aromatic hydroxyl groups is 1. The number of aryl methyl sites for hydroxylation is 2. The van der Waals surface area contributed by atoms with E-state index >= 15 is 0 Å². The molecule has 1 amide bonds. The molecule has 3 aromatic rings. The number of carbonyl (C=O) groups excluding carboxylic acids is 2. The van der Waals surface area contributed by atoms with Crippen LogP contribution in [0.15, 0.2) is 72.3 Å². The molecule has 0 bridgehead atoms. The molecule has 1 heterocycles. The van der Waals surface area contributed by atoms with Crippen LogP contribution in [0.5, 0.6) is 11.5 Å². The fourth-order valence-electron chi connectivity index (χ4n) is 4.12. The SMILES string of the molecule is CCOc1cccc(/C(O)=C2\C(=O)C(=O)N(c3cc(C)ccc3O)C2c2cccc(C)c2)c1. The largest absolute Gasteiger partial charge is 0.507 e. The van der Waals surface area contributed by atoms with E-state index in [1.54, 1.807) is 42.5 Å². The minimum atomic E-state index is -0.909. The molecule has 1 aliphatic rings. The third-order valence-electron chi connectivity index (χ3n) is 5.61. The van der Waals surface area contributed by atoms with Gasteiger partial charge in [-0.2, -0.15) is 0 Å². The second-order valence-corrected chi connectivity index (χ2v) is 8.04. The van der Waals surface area contributed by atoms with Crippen LogP contribution < -0.4 is 9.64 Å². The molecule has 168 valence electrons. The molecule has 1 saturated heterocycles. The maximum atomic E-state index is 13.3. The summed E-state index contributed by atoms with van der Waals surface area (Å²) < 4.78 is 5.52. The summed E-state index contributed by atoms with van der Waals surface area (Å²) in [7, 11) is 0. The van der Waals surface area contributed by atoms with Gasteiger partial charge in [-0.1, -0.05) is 48.0 Å². The number of hydrogen-bond acceptors (Lipinski definition) is 5. The maximum absolute atomic E-state index is 13.3. The molecule has 1 fully saturated rings. The average molecular weight is 443 g/mol. The van der Waals surface area contributed by atoms with E-state index in [4.69, 9.17) is 4.74 Å². The fourth-order valence-corrected chi connectivity index (χ4v) is 4.12. The van der Waals surface area contributed by atoms with Crippen molar-refractivity contribution in [3.05, 3.63) is 94.6 Å². The van der Waals surface area contributed by atoms with Crippen LogP contribution in [0.25, 0.3) is 5.76 Å². The first kappa shape index (κ1) is 22.1. The Balaban J connectivity index is 1.96. The summed E-state index contributed by atoms with van der Waals surface area (Å²) >= 11 is 0. The maximum Gasteiger partial charge on any atom is 0.300 e. The molecule has 1 unspecified atom stereocenters. The van der Waals surface area contributed by atoms with E-state index in [9.17, 15) is 19.8 Å². The van der Waals surface area contributed by atoms with E-state index in [1.165, 1.54) is 11.0 Å². The average Bonchev–Trinajstić information content (AvgIpc) is 3.06. The predicted molar refractivity (Wildman–Crippen MR) is 126 cm³/mol. The first-order valence-corrected chi connectivity index (χ1v) is 10.7. The summed E-state index contributed by atoms with van der Waals surface area (Å²) in [5, 5.41) is 21.8. The highest BCUT2D eigenvalue weighted by Gasteiger charge is 2.47. The Hall–Kier alpha value is -4.06. The number of ether oxygens (including phenoxy) is 1. The van der Waals surface area contributed by atoms with Crippen LogP contribution in [-0.2, 0) is 9.59 Å². The first-order chi connectivity index (χ1) is 15.8. The van der Waals surface area contributed by atoms with Gasteiger partial charge in [0.25, 0.3) is 11.7 Å². The first-order valence-electron chi connectivity index (χ1n) is 10.7. The lowest BCUT2D eigenvalue weighted by Gasteiger charge is -2.26. The molecule has 2 N–H and O–H groups in total. The number of rotatable bonds is 5. The van der Waals surface area contributed by atoms with Gasteiger partial charge < -0.3 is 14.9 Å². The number of Topliss-reactive ketones (excluding diaryl/α,β-unsaturated/α-hetero) is 1. The third kappa shape index (κ3) is 4.07. The quantitative estimate of drug-likeness (QED) is 0.328. The highest BCUT2D eigenvalue weighted by molar-refractivity contribution is 6.52. The molecule has 3 aromatic carbocycles. The number of phenols is 1. The van der Waals surface area contributed by atoms with Gasteiger partial charge in [0.15, 0.2) is 0 Å². The Kier molecular flexibility index (Phi) is 5.92. The van der Waals surface area contributed by atoms with Crippen molar-refractivity contribution in [2.45, 2.75) is 26.8 Å². The molecular weight excluding hydrogens is 418 g/mol. The summed E-state index contributed by atoms with van der Waals surface area (Å²) in [6.45, 7) is 6.04. The summed E-state index contributed by atoms with van der Waals surface area (Å²) in [6, 6.07) is 18.1. The number of aliphatic hydroxyl groups is 1. The lowest BCUT2D eigenvalue weighted by atomic mass is 9.94. The van der Waals surface area contributed by atoms with Gasteiger partial charge in [-0.05, 0) is 56.2 Å². The normalized spacial score (nSPS) is 17.4. The second kappa shape index (κ2) is 8.82. The van der Waals surface area contributed by atoms with Crippen LogP contribution in [0.2, 0.25) is 0 Å². The number of anilines is 1. The highest BCUT2D eigenvalue weighted by Crippen LogP contribution is 2.45. The van der Waals surface area contributed by atoms with Crippen LogP contribution >= 0.6 is 0 Å². The predicted octanol–water partition coefficient (Wildman–Crippen LogP) is 5.03. The molecule has 6 heteroatoms. The van der Waals surface area contributed by atoms with Crippen molar-refractivity contribution in [2.24, 2.45) is 0 Å². The molecule has 0 aromatic heterocycles. The van der Waals surface area contributed by atoms with E-state index in [0.29, 0.717) is 23.5 Å². The van der Waals surface area contributed by atoms with E-state index in [-0.39, 0.29) is 22.8 Å². The van der Waals surface area contributed by atoms with E-state index in [1.807, 2.05) is 39.0 Å². The van der Waals surface area contributed by atoms with Crippen LogP contribution in [0.1, 0.15) is 35.2 Å². The minimum absolute atomic E-state index is 0.0415. The summed E-state index contributed by atoms with van der Waals surface area (Å²) in [4.78, 5) is 27.8. The van der Waals surface area contributed by atoms with Crippen molar-refractivity contribution in [1.82, 2.24) is 0 Å². The Labute approximate surface area is 192 Å². The minimum Gasteiger partial charge on any atom is -0.507 e. The zero-order chi connectivity index (χ0) is 23.7. The molecule has 1 aliphatic heterocycles. The molecule has 0 spiro atoms. The Morgan fingerprint density at radius 2 is 1.70 bits per heavy atom. The highest BCUT2D eigenvalue weighted by atomic mass is 16.5. The second-order valence-electron chi connectivity index (χ2n) is 8.04. The van der Waals surface area contributed by atoms with Crippen molar-refractivity contribution in [3.8, 4) is 11.5 Å². The molecule has 6 nitrogen and oxygen atoms in total. The number of nitrogens with zero attached hydrogens (tertiary/aromatic N) is 1. The van der Waals surface area contributed by atoms with Crippen LogP contribution in [-0.4, -0.2) is 28.5 Å². The Bertz CT molecular complexity index is 1280. The standard InChI is InChI=1S/C27H25NO5/c1-4-33-20-10-6-9-19(15-20)25(30)23-24(18-8-5-7-16(2)13-18)28(27(32)26(23)31)21-14-17(3)11-12-22(21)29/h5-15,24,29-30H,4H2,1-3H3/b25-23+. The lowest BCUT2D eigenvalue weighted by molar-refractivity contribution is -0.132. The van der Waals surface area contributed by atoms with Crippen molar-refractivity contribution in [2.75, 3.05) is 11.5 Å². The van der Waals surface area contributed by atoms with Gasteiger partial charge in [-0.3, -0.25) is 14.5 Å². The zero-order valence-electron chi connectivity index (χ0n) is 18.7.